The molecule has 2 amide bonds. The summed E-state index contributed by atoms with van der Waals surface area (Å²) in [5, 5.41) is 0.874. The Bertz CT molecular complexity index is 1300. The highest BCUT2D eigenvalue weighted by Gasteiger charge is 2.40. The zero-order chi connectivity index (χ0) is 26.7. The van der Waals surface area contributed by atoms with E-state index < -0.39 is 0 Å². The van der Waals surface area contributed by atoms with E-state index in [4.69, 9.17) is 32.7 Å². The van der Waals surface area contributed by atoms with E-state index >= 15 is 0 Å². The standard InChI is InChI=1S/C28H27BrCl2N2O4/c1-32(16-18-6-9-20(14-23(18)29)37-21-10-12-24(30)25(31)15-21)28(35)22-11-13-26(34)33(2)27(22)17-4-7-19(36-3)8-5-17/h4-10,12,14-15,22,27H,11,13,16H2,1-3H3. The number of nitrogens with zero attached hydrogens (tertiary/aromatic N) is 2. The molecule has 0 spiro atoms. The number of carbonyl (C=O) groups is 2. The highest BCUT2D eigenvalue weighted by molar-refractivity contribution is 9.10. The molecule has 3 aromatic rings. The van der Waals surface area contributed by atoms with Crippen LogP contribution < -0.4 is 9.47 Å². The second-order valence-corrected chi connectivity index (χ2v) is 10.7. The molecule has 3 aromatic carbocycles. The van der Waals surface area contributed by atoms with Crippen LogP contribution in [0.2, 0.25) is 10.0 Å². The summed E-state index contributed by atoms with van der Waals surface area (Å²) >= 11 is 15.7. The Morgan fingerprint density at radius 2 is 1.68 bits per heavy atom. The van der Waals surface area contributed by atoms with E-state index in [1.807, 2.05) is 42.5 Å². The molecule has 2 atom stereocenters. The van der Waals surface area contributed by atoms with Gasteiger partial charge in [-0.3, -0.25) is 9.59 Å². The van der Waals surface area contributed by atoms with E-state index in [1.165, 1.54) is 0 Å². The highest BCUT2D eigenvalue weighted by Crippen LogP contribution is 2.38. The number of amides is 2. The zero-order valence-corrected chi connectivity index (χ0v) is 23.8. The number of halogens is 3. The summed E-state index contributed by atoms with van der Waals surface area (Å²) in [6.07, 6.45) is 0.846. The third-order valence-electron chi connectivity index (χ3n) is 6.57. The molecule has 4 rings (SSSR count). The number of benzene rings is 3. The second-order valence-electron chi connectivity index (χ2n) is 8.99. The van der Waals surface area contributed by atoms with Crippen LogP contribution in [0, 0.1) is 5.92 Å². The van der Waals surface area contributed by atoms with Gasteiger partial charge in [0, 0.05) is 37.6 Å². The SMILES string of the molecule is COc1ccc(C2C(C(=O)N(C)Cc3ccc(Oc4ccc(Cl)c(Cl)c4)cc3Br)CCC(=O)N2C)cc1. The van der Waals surface area contributed by atoms with Gasteiger partial charge in [-0.15, -0.1) is 0 Å². The lowest BCUT2D eigenvalue weighted by Crippen LogP contribution is -2.46. The van der Waals surface area contributed by atoms with Crippen LogP contribution in [0.3, 0.4) is 0 Å². The molecular formula is C28H27BrCl2N2O4. The summed E-state index contributed by atoms with van der Waals surface area (Å²) in [5.74, 6) is 1.59. The van der Waals surface area contributed by atoms with Gasteiger partial charge < -0.3 is 19.3 Å². The molecular weight excluding hydrogens is 579 g/mol. The van der Waals surface area contributed by atoms with E-state index in [1.54, 1.807) is 49.2 Å². The van der Waals surface area contributed by atoms with Gasteiger partial charge in [0.15, 0.2) is 0 Å². The van der Waals surface area contributed by atoms with Crippen LogP contribution in [0.25, 0.3) is 0 Å². The number of hydrogen-bond acceptors (Lipinski definition) is 4. The number of rotatable bonds is 7. The number of likely N-dealkylation sites (tertiary alicyclic amines) is 1. The Balaban J connectivity index is 1.49. The van der Waals surface area contributed by atoms with Crippen molar-refractivity contribution in [3.63, 3.8) is 0 Å². The van der Waals surface area contributed by atoms with Crippen molar-refractivity contribution in [2.75, 3.05) is 21.2 Å². The van der Waals surface area contributed by atoms with Crippen LogP contribution in [-0.4, -0.2) is 42.8 Å². The Kier molecular flexibility index (Phi) is 8.67. The van der Waals surface area contributed by atoms with Gasteiger partial charge in [0.05, 0.1) is 29.1 Å². The molecule has 0 aliphatic carbocycles. The average molecular weight is 606 g/mol. The first-order chi connectivity index (χ1) is 17.7. The number of carbonyl (C=O) groups excluding carboxylic acids is 2. The van der Waals surface area contributed by atoms with E-state index in [0.29, 0.717) is 40.9 Å². The topological polar surface area (TPSA) is 59.1 Å². The first-order valence-corrected chi connectivity index (χ1v) is 13.3. The van der Waals surface area contributed by atoms with Gasteiger partial charge in [-0.1, -0.05) is 57.3 Å². The van der Waals surface area contributed by atoms with Crippen molar-refractivity contribution in [1.29, 1.82) is 0 Å². The third kappa shape index (κ3) is 6.22. The normalized spacial score (nSPS) is 17.5. The van der Waals surface area contributed by atoms with Crippen molar-refractivity contribution in [2.24, 2.45) is 5.92 Å². The van der Waals surface area contributed by atoms with E-state index in [9.17, 15) is 9.59 Å². The lowest BCUT2D eigenvalue weighted by molar-refractivity contribution is -0.146. The predicted octanol–water partition coefficient (Wildman–Crippen LogP) is 7.12. The largest absolute Gasteiger partial charge is 0.497 e. The predicted molar refractivity (Wildman–Crippen MR) is 148 cm³/mol. The van der Waals surface area contributed by atoms with Crippen molar-refractivity contribution in [2.45, 2.75) is 25.4 Å². The molecule has 9 heteroatoms. The van der Waals surface area contributed by atoms with Crippen LogP contribution in [0.1, 0.15) is 30.0 Å². The molecule has 2 unspecified atom stereocenters. The fourth-order valence-corrected chi connectivity index (χ4v) is 5.34. The van der Waals surface area contributed by atoms with Crippen molar-refractivity contribution in [1.82, 2.24) is 9.80 Å². The van der Waals surface area contributed by atoms with Crippen LogP contribution in [0.5, 0.6) is 17.2 Å². The Hall–Kier alpha value is -2.74. The molecule has 1 saturated heterocycles. The van der Waals surface area contributed by atoms with Crippen molar-refractivity contribution in [3.8, 4) is 17.2 Å². The Morgan fingerprint density at radius 1 is 1.03 bits per heavy atom. The minimum absolute atomic E-state index is 0.0109. The molecule has 0 radical (unpaired) electrons. The van der Waals surface area contributed by atoms with E-state index in [-0.39, 0.29) is 23.8 Å². The molecule has 194 valence electrons. The zero-order valence-electron chi connectivity index (χ0n) is 20.7. The molecule has 37 heavy (non-hydrogen) atoms. The maximum atomic E-state index is 13.6. The van der Waals surface area contributed by atoms with Gasteiger partial charge in [-0.25, -0.2) is 0 Å². The minimum atomic E-state index is -0.350. The third-order valence-corrected chi connectivity index (χ3v) is 8.05. The summed E-state index contributed by atoms with van der Waals surface area (Å²) in [6.45, 7) is 0.399. The molecule has 1 heterocycles. The molecule has 0 saturated carbocycles. The van der Waals surface area contributed by atoms with Gasteiger partial charge in [0.25, 0.3) is 0 Å². The smallest absolute Gasteiger partial charge is 0.228 e. The molecule has 0 aromatic heterocycles. The maximum Gasteiger partial charge on any atom is 0.228 e. The van der Waals surface area contributed by atoms with Gasteiger partial charge in [-0.05, 0) is 53.9 Å². The fraction of sp³-hybridized carbons (Fsp3) is 0.286. The fourth-order valence-electron chi connectivity index (χ4n) is 4.57. The quantitative estimate of drug-likeness (QED) is 0.288. The van der Waals surface area contributed by atoms with Gasteiger partial charge >= 0.3 is 0 Å². The lowest BCUT2D eigenvalue weighted by atomic mass is 9.83. The highest BCUT2D eigenvalue weighted by atomic mass is 79.9. The average Bonchev–Trinajstić information content (AvgIpc) is 2.89. The van der Waals surface area contributed by atoms with Gasteiger partial charge in [-0.2, -0.15) is 0 Å². The van der Waals surface area contributed by atoms with Crippen molar-refractivity contribution in [3.05, 3.63) is 86.3 Å². The molecule has 1 fully saturated rings. The second kappa shape index (κ2) is 11.8. The van der Waals surface area contributed by atoms with Crippen molar-refractivity contribution < 1.29 is 19.1 Å². The molecule has 1 aliphatic rings. The number of piperidine rings is 1. The van der Waals surface area contributed by atoms with Gasteiger partial charge in [0.2, 0.25) is 11.8 Å². The minimum Gasteiger partial charge on any atom is -0.497 e. The number of ether oxygens (including phenoxy) is 2. The lowest BCUT2D eigenvalue weighted by Gasteiger charge is -2.40. The van der Waals surface area contributed by atoms with Crippen LogP contribution in [0.15, 0.2) is 65.1 Å². The first-order valence-electron chi connectivity index (χ1n) is 11.7. The number of hydrogen-bond donors (Lipinski definition) is 0. The van der Waals surface area contributed by atoms with Crippen molar-refractivity contribution >= 4 is 50.9 Å². The monoisotopic (exact) mass is 604 g/mol. The maximum absolute atomic E-state index is 13.6. The molecule has 0 bridgehead atoms. The summed E-state index contributed by atoms with van der Waals surface area (Å²) in [7, 11) is 5.16. The first kappa shape index (κ1) is 27.3. The van der Waals surface area contributed by atoms with E-state index in [0.717, 1.165) is 21.3 Å². The van der Waals surface area contributed by atoms with Crippen LogP contribution >= 0.6 is 39.1 Å². The summed E-state index contributed by atoms with van der Waals surface area (Å²) in [5.41, 5.74) is 1.84. The molecule has 1 aliphatic heterocycles. The molecule has 6 nitrogen and oxygen atoms in total. The van der Waals surface area contributed by atoms with Crippen LogP contribution in [-0.2, 0) is 16.1 Å². The van der Waals surface area contributed by atoms with Gasteiger partial charge in [0.1, 0.15) is 17.2 Å². The van der Waals surface area contributed by atoms with Crippen LogP contribution in [0.4, 0.5) is 0 Å². The Morgan fingerprint density at radius 3 is 2.32 bits per heavy atom. The summed E-state index contributed by atoms with van der Waals surface area (Å²) in [6, 6.07) is 17.9. The Labute approximate surface area is 235 Å². The van der Waals surface area contributed by atoms with E-state index in [2.05, 4.69) is 15.9 Å². The number of methoxy groups -OCH3 is 1. The summed E-state index contributed by atoms with van der Waals surface area (Å²) < 4.78 is 12.0. The summed E-state index contributed by atoms with van der Waals surface area (Å²) in [4.78, 5) is 29.6. The molecule has 0 N–H and O–H groups in total.